The number of hydrogen-bond donors (Lipinski definition) is 1. The van der Waals surface area contributed by atoms with E-state index in [0.717, 1.165) is 44.8 Å². The van der Waals surface area contributed by atoms with E-state index in [2.05, 4.69) is 24.1 Å². The molecule has 0 aromatic carbocycles. The highest BCUT2D eigenvalue weighted by Gasteiger charge is 2.18. The summed E-state index contributed by atoms with van der Waals surface area (Å²) in [5.74, 6) is 0.924. The van der Waals surface area contributed by atoms with Gasteiger partial charge in [0.15, 0.2) is 0 Å². The summed E-state index contributed by atoms with van der Waals surface area (Å²) in [5.41, 5.74) is 0. The van der Waals surface area contributed by atoms with Crippen LogP contribution in [0, 0.1) is 5.92 Å². The monoisotopic (exact) mass is 286 g/mol. The lowest BCUT2D eigenvalue weighted by atomic mass is 9.87. The van der Waals surface area contributed by atoms with Crippen LogP contribution in [0.1, 0.15) is 39.5 Å². The molecule has 1 rings (SSSR count). The van der Waals surface area contributed by atoms with Gasteiger partial charge in [-0.05, 0) is 38.5 Å². The standard InChI is InChI=1S/C16H34N2O2/c1-14-5-7-16(8-6-14)17-9-10-18(11-12-19-3)15(2)13-20-4/h14-17H,5-13H2,1-4H3. The first-order chi connectivity index (χ1) is 9.67. The van der Waals surface area contributed by atoms with Gasteiger partial charge < -0.3 is 14.8 Å². The van der Waals surface area contributed by atoms with Crippen LogP contribution in [0.15, 0.2) is 0 Å². The molecule has 0 amide bonds. The van der Waals surface area contributed by atoms with Crippen LogP contribution in [0.3, 0.4) is 0 Å². The number of nitrogens with zero attached hydrogens (tertiary/aromatic N) is 1. The predicted molar refractivity (Wildman–Crippen MR) is 84.2 cm³/mol. The molecule has 0 aromatic rings. The van der Waals surface area contributed by atoms with Crippen molar-refractivity contribution in [2.75, 3.05) is 47.1 Å². The number of methoxy groups -OCH3 is 2. The van der Waals surface area contributed by atoms with Crippen molar-refractivity contribution in [1.29, 1.82) is 0 Å². The van der Waals surface area contributed by atoms with E-state index in [9.17, 15) is 0 Å². The van der Waals surface area contributed by atoms with Gasteiger partial charge in [0.05, 0.1) is 13.2 Å². The SMILES string of the molecule is COCCN(CCNC1CCC(C)CC1)C(C)COC. The van der Waals surface area contributed by atoms with E-state index >= 15 is 0 Å². The number of hydrogen-bond acceptors (Lipinski definition) is 4. The van der Waals surface area contributed by atoms with Crippen molar-refractivity contribution >= 4 is 0 Å². The minimum absolute atomic E-state index is 0.448. The topological polar surface area (TPSA) is 33.7 Å². The molecular formula is C16H34N2O2. The molecule has 0 heterocycles. The summed E-state index contributed by atoms with van der Waals surface area (Å²) < 4.78 is 10.5. The fourth-order valence-corrected chi connectivity index (χ4v) is 2.98. The average molecular weight is 286 g/mol. The van der Waals surface area contributed by atoms with Gasteiger partial charge in [-0.2, -0.15) is 0 Å². The minimum atomic E-state index is 0.448. The van der Waals surface area contributed by atoms with Gasteiger partial charge in [0, 0.05) is 45.9 Å². The van der Waals surface area contributed by atoms with E-state index in [1.54, 1.807) is 14.2 Å². The van der Waals surface area contributed by atoms with E-state index in [1.807, 2.05) is 0 Å². The molecule has 0 radical (unpaired) electrons. The van der Waals surface area contributed by atoms with Gasteiger partial charge in [-0.1, -0.05) is 6.92 Å². The van der Waals surface area contributed by atoms with Gasteiger partial charge in [-0.15, -0.1) is 0 Å². The maximum atomic E-state index is 5.27. The Balaban J connectivity index is 2.23. The first-order valence-electron chi connectivity index (χ1n) is 8.12. The second kappa shape index (κ2) is 10.6. The molecule has 4 heteroatoms. The number of rotatable bonds is 10. The summed E-state index contributed by atoms with van der Waals surface area (Å²) in [5, 5.41) is 3.72. The Hall–Kier alpha value is -0.160. The maximum Gasteiger partial charge on any atom is 0.0615 e. The minimum Gasteiger partial charge on any atom is -0.383 e. The highest BCUT2D eigenvalue weighted by atomic mass is 16.5. The highest BCUT2D eigenvalue weighted by molar-refractivity contribution is 4.76. The normalized spacial score (nSPS) is 25.1. The van der Waals surface area contributed by atoms with E-state index in [4.69, 9.17) is 9.47 Å². The zero-order chi connectivity index (χ0) is 14.8. The molecule has 0 bridgehead atoms. The molecule has 1 atom stereocenters. The third-order valence-corrected chi connectivity index (χ3v) is 4.46. The molecule has 0 saturated heterocycles. The summed E-state index contributed by atoms with van der Waals surface area (Å²) in [6.07, 6.45) is 5.44. The van der Waals surface area contributed by atoms with Gasteiger partial charge in [0.2, 0.25) is 0 Å². The molecule has 20 heavy (non-hydrogen) atoms. The molecule has 120 valence electrons. The van der Waals surface area contributed by atoms with Crippen LogP contribution in [-0.4, -0.2) is 64.1 Å². The second-order valence-electron chi connectivity index (χ2n) is 6.24. The quantitative estimate of drug-likeness (QED) is 0.667. The molecule has 1 aliphatic rings. The Kier molecular flexibility index (Phi) is 9.44. The van der Waals surface area contributed by atoms with Crippen molar-refractivity contribution in [2.24, 2.45) is 5.92 Å². The smallest absolute Gasteiger partial charge is 0.0615 e. The second-order valence-corrected chi connectivity index (χ2v) is 6.24. The molecule has 1 aliphatic carbocycles. The molecule has 0 aliphatic heterocycles. The van der Waals surface area contributed by atoms with Gasteiger partial charge in [-0.25, -0.2) is 0 Å². The Labute approximate surface area is 125 Å². The lowest BCUT2D eigenvalue weighted by Gasteiger charge is -2.31. The van der Waals surface area contributed by atoms with Gasteiger partial charge in [-0.3, -0.25) is 4.90 Å². The van der Waals surface area contributed by atoms with E-state index in [1.165, 1.54) is 25.7 Å². The summed E-state index contributed by atoms with van der Waals surface area (Å²) in [6, 6.07) is 1.18. The molecule has 0 aromatic heterocycles. The Bertz CT molecular complexity index is 231. The summed E-state index contributed by atoms with van der Waals surface area (Å²) >= 11 is 0. The zero-order valence-electron chi connectivity index (χ0n) is 13.9. The number of ether oxygens (including phenoxy) is 2. The van der Waals surface area contributed by atoms with Crippen molar-refractivity contribution in [3.63, 3.8) is 0 Å². The molecule has 4 nitrogen and oxygen atoms in total. The largest absolute Gasteiger partial charge is 0.383 e. The van der Waals surface area contributed by atoms with Crippen LogP contribution >= 0.6 is 0 Å². The Morgan fingerprint density at radius 1 is 1.10 bits per heavy atom. The lowest BCUT2D eigenvalue weighted by molar-refractivity contribution is 0.0748. The van der Waals surface area contributed by atoms with Crippen LogP contribution in [0.25, 0.3) is 0 Å². The first kappa shape index (κ1) is 17.9. The summed E-state index contributed by atoms with van der Waals surface area (Å²) in [4.78, 5) is 2.45. The van der Waals surface area contributed by atoms with Crippen molar-refractivity contribution in [3.05, 3.63) is 0 Å². The molecule has 0 spiro atoms. The third kappa shape index (κ3) is 7.02. The van der Waals surface area contributed by atoms with Crippen molar-refractivity contribution in [2.45, 2.75) is 51.6 Å². The molecular weight excluding hydrogens is 252 g/mol. The number of nitrogens with one attached hydrogen (secondary N) is 1. The predicted octanol–water partition coefficient (Wildman–Crippen LogP) is 2.14. The van der Waals surface area contributed by atoms with Crippen LogP contribution < -0.4 is 5.32 Å². The summed E-state index contributed by atoms with van der Waals surface area (Å²) in [7, 11) is 3.53. The Morgan fingerprint density at radius 2 is 1.80 bits per heavy atom. The first-order valence-corrected chi connectivity index (χ1v) is 8.12. The molecule has 1 fully saturated rings. The molecule has 1 saturated carbocycles. The molecule has 1 unspecified atom stereocenters. The maximum absolute atomic E-state index is 5.27. The van der Waals surface area contributed by atoms with E-state index in [-0.39, 0.29) is 0 Å². The van der Waals surface area contributed by atoms with E-state index < -0.39 is 0 Å². The van der Waals surface area contributed by atoms with Gasteiger partial charge in [0.25, 0.3) is 0 Å². The molecule has 1 N–H and O–H groups in total. The zero-order valence-corrected chi connectivity index (χ0v) is 13.9. The summed E-state index contributed by atoms with van der Waals surface area (Å²) in [6.45, 7) is 9.28. The third-order valence-electron chi connectivity index (χ3n) is 4.46. The lowest BCUT2D eigenvalue weighted by Crippen LogP contribution is -2.44. The van der Waals surface area contributed by atoms with Crippen LogP contribution in [0.5, 0.6) is 0 Å². The van der Waals surface area contributed by atoms with Crippen LogP contribution in [0.2, 0.25) is 0 Å². The van der Waals surface area contributed by atoms with Crippen molar-refractivity contribution < 1.29 is 9.47 Å². The fourth-order valence-electron chi connectivity index (χ4n) is 2.98. The fraction of sp³-hybridized carbons (Fsp3) is 1.00. The van der Waals surface area contributed by atoms with E-state index in [0.29, 0.717) is 6.04 Å². The van der Waals surface area contributed by atoms with Crippen LogP contribution in [-0.2, 0) is 9.47 Å². The average Bonchev–Trinajstić information content (AvgIpc) is 2.44. The van der Waals surface area contributed by atoms with Gasteiger partial charge >= 0.3 is 0 Å². The highest BCUT2D eigenvalue weighted by Crippen LogP contribution is 2.23. The van der Waals surface area contributed by atoms with Crippen molar-refractivity contribution in [3.8, 4) is 0 Å². The van der Waals surface area contributed by atoms with Crippen LogP contribution in [0.4, 0.5) is 0 Å². The van der Waals surface area contributed by atoms with Gasteiger partial charge in [0.1, 0.15) is 0 Å². The Morgan fingerprint density at radius 3 is 2.40 bits per heavy atom. The van der Waals surface area contributed by atoms with Crippen molar-refractivity contribution in [1.82, 2.24) is 10.2 Å².